The highest BCUT2D eigenvalue weighted by molar-refractivity contribution is 7.91. The number of aliphatic carboxylic acids is 1. The maximum absolute atomic E-state index is 12.4. The molecule has 3 rings (SSSR count). The molecule has 7 heteroatoms. The summed E-state index contributed by atoms with van der Waals surface area (Å²) in [5, 5.41) is 11.6. The average Bonchev–Trinajstić information content (AvgIpc) is 3.25. The van der Waals surface area contributed by atoms with E-state index in [2.05, 4.69) is 5.32 Å². The number of anilines is 1. The quantitative estimate of drug-likeness (QED) is 0.843. The number of carboxylic acid groups (broad SMARTS) is 1. The summed E-state index contributed by atoms with van der Waals surface area (Å²) in [6.45, 7) is 0. The van der Waals surface area contributed by atoms with E-state index in [-0.39, 0.29) is 35.2 Å². The van der Waals surface area contributed by atoms with Crippen molar-refractivity contribution in [3.63, 3.8) is 0 Å². The molecule has 1 aliphatic carbocycles. The number of hydrogen-bond acceptors (Lipinski definition) is 4. The zero-order valence-electron chi connectivity index (χ0n) is 13.3. The third-order valence-electron chi connectivity index (χ3n) is 5.18. The molecule has 1 heterocycles. The molecule has 24 heavy (non-hydrogen) atoms. The van der Waals surface area contributed by atoms with E-state index in [9.17, 15) is 18.0 Å². The minimum Gasteiger partial charge on any atom is -0.481 e. The van der Waals surface area contributed by atoms with E-state index in [0.717, 1.165) is 12.0 Å². The molecule has 1 saturated heterocycles. The number of carbonyl (C=O) groups excluding carboxylic acids is 1. The van der Waals surface area contributed by atoms with Crippen molar-refractivity contribution in [3.05, 3.63) is 29.8 Å². The van der Waals surface area contributed by atoms with Crippen LogP contribution in [-0.2, 0) is 25.8 Å². The van der Waals surface area contributed by atoms with E-state index in [4.69, 9.17) is 5.11 Å². The van der Waals surface area contributed by atoms with Crippen LogP contribution in [-0.4, -0.2) is 36.9 Å². The lowest BCUT2D eigenvalue weighted by Gasteiger charge is -2.22. The van der Waals surface area contributed by atoms with Gasteiger partial charge in [-0.1, -0.05) is 12.1 Å². The van der Waals surface area contributed by atoms with Crippen LogP contribution in [0.1, 0.15) is 31.2 Å². The first-order valence-electron chi connectivity index (χ1n) is 8.12. The highest BCUT2D eigenvalue weighted by Gasteiger charge is 2.59. The molecule has 6 nitrogen and oxygen atoms in total. The molecule has 2 N–H and O–H groups in total. The number of nitrogens with one attached hydrogen (secondary N) is 1. The first-order valence-corrected chi connectivity index (χ1v) is 9.94. The number of benzene rings is 1. The van der Waals surface area contributed by atoms with Crippen molar-refractivity contribution in [1.29, 1.82) is 0 Å². The summed E-state index contributed by atoms with van der Waals surface area (Å²) in [5.74, 6) is -0.599. The molecule has 1 aromatic carbocycles. The molecule has 1 unspecified atom stereocenters. The normalized spacial score (nSPS) is 23.6. The predicted octanol–water partition coefficient (Wildman–Crippen LogP) is 1.86. The molecule has 1 spiro atoms. The molecular weight excluding hydrogens is 330 g/mol. The lowest BCUT2D eigenvalue weighted by Crippen LogP contribution is -2.28. The third-order valence-corrected chi connectivity index (χ3v) is 6.83. The van der Waals surface area contributed by atoms with E-state index < -0.39 is 15.8 Å². The van der Waals surface area contributed by atoms with Gasteiger partial charge >= 0.3 is 5.97 Å². The van der Waals surface area contributed by atoms with Crippen molar-refractivity contribution in [1.82, 2.24) is 0 Å². The summed E-state index contributed by atoms with van der Waals surface area (Å²) in [4.78, 5) is 22.9. The fraction of sp³-hybridized carbons (Fsp3) is 0.529. The van der Waals surface area contributed by atoms with Gasteiger partial charge in [0.05, 0.1) is 11.5 Å². The maximum atomic E-state index is 12.4. The lowest BCUT2D eigenvalue weighted by atomic mass is 9.96. The van der Waals surface area contributed by atoms with Gasteiger partial charge in [0.15, 0.2) is 0 Å². The van der Waals surface area contributed by atoms with Gasteiger partial charge in [-0.25, -0.2) is 8.42 Å². The largest absolute Gasteiger partial charge is 0.481 e. The third kappa shape index (κ3) is 3.77. The molecule has 0 aromatic heterocycles. The Morgan fingerprint density at radius 1 is 1.17 bits per heavy atom. The molecule has 1 aliphatic heterocycles. The van der Waals surface area contributed by atoms with Crippen molar-refractivity contribution >= 4 is 27.4 Å². The SMILES string of the molecule is O=C(O)CCc1ccc(NC(=O)C2CC23CCS(=O)(=O)CC3)cc1. The van der Waals surface area contributed by atoms with Crippen LogP contribution < -0.4 is 5.32 Å². The molecule has 1 amide bonds. The predicted molar refractivity (Wildman–Crippen MR) is 89.5 cm³/mol. The monoisotopic (exact) mass is 351 g/mol. The first-order chi connectivity index (χ1) is 11.3. The number of hydrogen-bond donors (Lipinski definition) is 2. The zero-order valence-corrected chi connectivity index (χ0v) is 14.1. The Bertz CT molecular complexity index is 740. The maximum Gasteiger partial charge on any atom is 0.303 e. The lowest BCUT2D eigenvalue weighted by molar-refractivity contribution is -0.137. The molecule has 1 saturated carbocycles. The Hall–Kier alpha value is -1.89. The fourth-order valence-electron chi connectivity index (χ4n) is 3.45. The molecule has 1 atom stereocenters. The van der Waals surface area contributed by atoms with E-state index in [1.54, 1.807) is 12.1 Å². The second kappa shape index (κ2) is 6.20. The van der Waals surface area contributed by atoms with Gasteiger partial charge in [0.2, 0.25) is 5.91 Å². The summed E-state index contributed by atoms with van der Waals surface area (Å²) in [7, 11) is -2.91. The van der Waals surface area contributed by atoms with Gasteiger partial charge in [-0.3, -0.25) is 9.59 Å². The topological polar surface area (TPSA) is 101 Å². The van der Waals surface area contributed by atoms with Crippen LogP contribution in [0.3, 0.4) is 0 Å². The molecule has 130 valence electrons. The van der Waals surface area contributed by atoms with Crippen LogP contribution in [0.15, 0.2) is 24.3 Å². The summed E-state index contributed by atoms with van der Waals surface area (Å²) >= 11 is 0. The van der Waals surface area contributed by atoms with Crippen LogP contribution in [0.25, 0.3) is 0 Å². The van der Waals surface area contributed by atoms with Crippen molar-refractivity contribution in [3.8, 4) is 0 Å². The highest BCUT2D eigenvalue weighted by Crippen LogP contribution is 2.60. The Balaban J connectivity index is 1.54. The van der Waals surface area contributed by atoms with Gasteiger partial charge in [0.1, 0.15) is 9.84 Å². The van der Waals surface area contributed by atoms with Crippen LogP contribution >= 0.6 is 0 Å². The Labute approximate surface area is 141 Å². The van der Waals surface area contributed by atoms with E-state index in [1.807, 2.05) is 12.1 Å². The molecule has 0 radical (unpaired) electrons. The van der Waals surface area contributed by atoms with Gasteiger partial charge in [-0.15, -0.1) is 0 Å². The minimum atomic E-state index is -2.91. The first kappa shape index (κ1) is 17.0. The van der Waals surface area contributed by atoms with Crippen LogP contribution in [0.2, 0.25) is 0 Å². The molecule has 2 fully saturated rings. The van der Waals surface area contributed by atoms with Gasteiger partial charge in [-0.2, -0.15) is 0 Å². The van der Waals surface area contributed by atoms with Crippen LogP contribution in [0, 0.1) is 11.3 Å². The number of carboxylic acids is 1. The second-order valence-electron chi connectivity index (χ2n) is 6.85. The number of aryl methyl sites for hydroxylation is 1. The number of sulfone groups is 1. The van der Waals surface area contributed by atoms with Gasteiger partial charge in [0, 0.05) is 18.0 Å². The molecule has 2 aliphatic rings. The fourth-order valence-corrected chi connectivity index (χ4v) is 5.09. The standard InChI is InChI=1S/C17H21NO5S/c19-15(20)6-3-12-1-4-13(5-2-12)18-16(21)14-11-17(14)7-9-24(22,23)10-8-17/h1-2,4-5,14H,3,6-11H2,(H,18,21)(H,19,20). The van der Waals surface area contributed by atoms with E-state index in [0.29, 0.717) is 24.9 Å². The Morgan fingerprint density at radius 3 is 2.38 bits per heavy atom. The molecule has 0 bridgehead atoms. The van der Waals surface area contributed by atoms with E-state index in [1.165, 1.54) is 0 Å². The van der Waals surface area contributed by atoms with Crippen LogP contribution in [0.5, 0.6) is 0 Å². The molecule has 1 aromatic rings. The van der Waals surface area contributed by atoms with Gasteiger partial charge in [0.25, 0.3) is 0 Å². The van der Waals surface area contributed by atoms with Crippen LogP contribution in [0.4, 0.5) is 5.69 Å². The summed E-state index contributed by atoms with van der Waals surface area (Å²) in [6, 6.07) is 7.17. The number of amides is 1. The Morgan fingerprint density at radius 2 is 1.79 bits per heavy atom. The highest BCUT2D eigenvalue weighted by atomic mass is 32.2. The molecular formula is C17H21NO5S. The number of rotatable bonds is 5. The zero-order chi connectivity index (χ0) is 17.4. The van der Waals surface area contributed by atoms with Gasteiger partial charge < -0.3 is 10.4 Å². The van der Waals surface area contributed by atoms with E-state index >= 15 is 0 Å². The summed E-state index contributed by atoms with van der Waals surface area (Å²) < 4.78 is 23.0. The smallest absolute Gasteiger partial charge is 0.303 e. The summed E-state index contributed by atoms with van der Waals surface area (Å²) in [6.07, 6.45) is 2.48. The van der Waals surface area contributed by atoms with Gasteiger partial charge in [-0.05, 0) is 48.8 Å². The second-order valence-corrected chi connectivity index (χ2v) is 9.15. The minimum absolute atomic E-state index is 0.0485. The van der Waals surface area contributed by atoms with Crippen molar-refractivity contribution in [2.24, 2.45) is 11.3 Å². The number of carbonyl (C=O) groups is 2. The van der Waals surface area contributed by atoms with Crippen molar-refractivity contribution < 1.29 is 23.1 Å². The van der Waals surface area contributed by atoms with Crippen molar-refractivity contribution in [2.45, 2.75) is 32.1 Å². The summed E-state index contributed by atoms with van der Waals surface area (Å²) in [5.41, 5.74) is 1.48. The Kier molecular flexibility index (Phi) is 4.38. The average molecular weight is 351 g/mol. The van der Waals surface area contributed by atoms with Crippen molar-refractivity contribution in [2.75, 3.05) is 16.8 Å².